The van der Waals surface area contributed by atoms with Crippen LogP contribution in [0.2, 0.25) is 0 Å². The molecule has 9 heteroatoms. The Balaban J connectivity index is 1.50. The van der Waals surface area contributed by atoms with Crippen LogP contribution in [0, 0.1) is 12.8 Å². The van der Waals surface area contributed by atoms with E-state index in [1.165, 1.54) is 13.8 Å². The first-order chi connectivity index (χ1) is 15.1. The predicted molar refractivity (Wildman–Crippen MR) is 117 cm³/mol. The van der Waals surface area contributed by atoms with Crippen molar-refractivity contribution in [3.8, 4) is 0 Å². The lowest BCUT2D eigenvalue weighted by atomic mass is 9.80. The van der Waals surface area contributed by atoms with Crippen molar-refractivity contribution in [3.05, 3.63) is 35.4 Å². The largest absolute Gasteiger partial charge is 0.445 e. The first kappa shape index (κ1) is 23.2. The molecule has 2 fully saturated rings. The minimum Gasteiger partial charge on any atom is -0.445 e. The van der Waals surface area contributed by atoms with Crippen LogP contribution in [-0.4, -0.2) is 48.1 Å². The summed E-state index contributed by atoms with van der Waals surface area (Å²) in [6.45, 7) is 5.94. The van der Waals surface area contributed by atoms with Gasteiger partial charge in [0.25, 0.3) is 0 Å². The van der Waals surface area contributed by atoms with Crippen LogP contribution in [0.15, 0.2) is 21.2 Å². The van der Waals surface area contributed by atoms with Crippen LogP contribution in [0.1, 0.15) is 75.5 Å². The first-order valence-electron chi connectivity index (χ1n) is 11.4. The molecule has 0 unspecified atom stereocenters. The van der Waals surface area contributed by atoms with Crippen molar-refractivity contribution in [1.82, 2.24) is 10.1 Å². The van der Waals surface area contributed by atoms with E-state index in [1.54, 1.807) is 12.3 Å². The Morgan fingerprint density at radius 3 is 2.53 bits per heavy atom. The fourth-order valence-electron chi connectivity index (χ4n) is 4.79. The number of carbonyl (C=O) groups excluding carboxylic acids is 1. The van der Waals surface area contributed by atoms with Gasteiger partial charge in [0.15, 0.2) is 21.5 Å². The van der Waals surface area contributed by atoms with E-state index in [1.807, 2.05) is 6.92 Å². The van der Waals surface area contributed by atoms with Gasteiger partial charge in [-0.15, -0.1) is 0 Å². The molecular formula is C23H32N2O6S. The van der Waals surface area contributed by atoms with E-state index < -0.39 is 20.0 Å². The summed E-state index contributed by atoms with van der Waals surface area (Å²) in [5.74, 6) is 1.39. The van der Waals surface area contributed by atoms with E-state index in [-0.39, 0.29) is 23.9 Å². The molecule has 8 nitrogen and oxygen atoms in total. The third kappa shape index (κ3) is 4.29. The van der Waals surface area contributed by atoms with Gasteiger partial charge in [-0.25, -0.2) is 13.4 Å². The van der Waals surface area contributed by atoms with Crippen LogP contribution in [0.25, 0.3) is 0 Å². The molecule has 32 heavy (non-hydrogen) atoms. The lowest BCUT2D eigenvalue weighted by Gasteiger charge is -2.28. The van der Waals surface area contributed by atoms with Crippen LogP contribution in [0.3, 0.4) is 0 Å². The highest BCUT2D eigenvalue weighted by molar-refractivity contribution is 7.93. The zero-order chi connectivity index (χ0) is 23.0. The van der Waals surface area contributed by atoms with E-state index >= 15 is 0 Å². The summed E-state index contributed by atoms with van der Waals surface area (Å²) in [5, 5.41) is 4.27. The van der Waals surface area contributed by atoms with Crippen molar-refractivity contribution in [2.75, 3.05) is 19.0 Å². The highest BCUT2D eigenvalue weighted by atomic mass is 32.2. The Labute approximate surface area is 189 Å². The molecule has 4 rings (SSSR count). The first-order valence-corrected chi connectivity index (χ1v) is 13.0. The smallest absolute Gasteiger partial charge is 0.191 e. The van der Waals surface area contributed by atoms with Crippen LogP contribution in [0.5, 0.6) is 0 Å². The van der Waals surface area contributed by atoms with Crippen LogP contribution in [-0.2, 0) is 31.2 Å². The van der Waals surface area contributed by atoms with Crippen molar-refractivity contribution in [2.24, 2.45) is 5.92 Å². The zero-order valence-electron chi connectivity index (χ0n) is 19.1. The number of hydrogen-bond acceptors (Lipinski definition) is 8. The molecule has 3 heterocycles. The molecule has 2 aromatic rings. The number of ketones is 1. The molecule has 0 spiro atoms. The molecule has 2 aliphatic rings. The van der Waals surface area contributed by atoms with E-state index in [4.69, 9.17) is 13.7 Å². The number of rotatable bonds is 8. The molecule has 0 atom stereocenters. The Bertz CT molecular complexity index is 1060. The Morgan fingerprint density at radius 2 is 1.91 bits per heavy atom. The minimum atomic E-state index is -3.63. The second-order valence-electron chi connectivity index (χ2n) is 9.66. The molecule has 1 saturated carbocycles. The molecule has 0 radical (unpaired) electrons. The Morgan fingerprint density at radius 1 is 1.22 bits per heavy atom. The van der Waals surface area contributed by atoms with Crippen molar-refractivity contribution >= 4 is 15.6 Å². The maximum absolute atomic E-state index is 13.1. The van der Waals surface area contributed by atoms with E-state index in [2.05, 4.69) is 10.1 Å². The van der Waals surface area contributed by atoms with Gasteiger partial charge in [-0.05, 0) is 45.4 Å². The van der Waals surface area contributed by atoms with Gasteiger partial charge in [0.2, 0.25) is 0 Å². The molecule has 1 saturated heterocycles. The number of nitrogens with zero attached hydrogens (tertiary/aromatic N) is 2. The zero-order valence-corrected chi connectivity index (χ0v) is 19.9. The normalized spacial score (nSPS) is 20.0. The minimum absolute atomic E-state index is 0.00467. The van der Waals surface area contributed by atoms with Crippen molar-refractivity contribution in [3.63, 3.8) is 0 Å². The highest BCUT2D eigenvalue weighted by Gasteiger charge is 2.45. The molecule has 0 amide bonds. The van der Waals surface area contributed by atoms with Crippen LogP contribution in [0.4, 0.5) is 0 Å². The number of ether oxygens (including phenoxy) is 1. The molecule has 176 valence electrons. The molecule has 0 bridgehead atoms. The van der Waals surface area contributed by atoms with Gasteiger partial charge in [0, 0.05) is 26.2 Å². The Kier molecular flexibility index (Phi) is 6.33. The second-order valence-corrected chi connectivity index (χ2v) is 12.2. The topological polar surface area (TPSA) is 112 Å². The van der Waals surface area contributed by atoms with Gasteiger partial charge < -0.3 is 13.7 Å². The standard InChI is InChI=1S/C23H32N2O6S/c1-16-24-14-21(30-16)23(8-4-5-9-23)19-12-18(31-25-19)13-20(26)22(2,3)32(27,28)15-17-6-10-29-11-7-17/h12,14,17H,4-11,13,15H2,1-3H3. The lowest BCUT2D eigenvalue weighted by Crippen LogP contribution is -2.44. The summed E-state index contributed by atoms with van der Waals surface area (Å²) in [6.07, 6.45) is 6.86. The molecule has 1 aliphatic heterocycles. The summed E-state index contributed by atoms with van der Waals surface area (Å²) in [7, 11) is -3.63. The van der Waals surface area contributed by atoms with Crippen LogP contribution < -0.4 is 0 Å². The average Bonchev–Trinajstić information content (AvgIpc) is 3.49. The molecule has 0 aromatic carbocycles. The fraction of sp³-hybridized carbons (Fsp3) is 0.696. The van der Waals surface area contributed by atoms with Crippen LogP contribution >= 0.6 is 0 Å². The van der Waals surface area contributed by atoms with Gasteiger partial charge in [-0.1, -0.05) is 18.0 Å². The summed E-state index contributed by atoms with van der Waals surface area (Å²) < 4.78 is 41.3. The molecule has 2 aromatic heterocycles. The number of oxazole rings is 1. The number of aromatic nitrogens is 2. The van der Waals surface area contributed by atoms with Gasteiger partial charge in [-0.2, -0.15) is 0 Å². The van der Waals surface area contributed by atoms with Crippen molar-refractivity contribution < 1.29 is 26.9 Å². The average molecular weight is 465 g/mol. The van der Waals surface area contributed by atoms with Crippen molar-refractivity contribution in [1.29, 1.82) is 0 Å². The third-order valence-corrected chi connectivity index (χ3v) is 9.87. The Hall–Kier alpha value is -2.00. The summed E-state index contributed by atoms with van der Waals surface area (Å²) in [6, 6.07) is 1.78. The number of Topliss-reactive ketones (excluding diaryl/α,β-unsaturated/α-hetero) is 1. The quantitative estimate of drug-likeness (QED) is 0.583. The van der Waals surface area contributed by atoms with Gasteiger partial charge in [-0.3, -0.25) is 4.79 Å². The van der Waals surface area contributed by atoms with E-state index in [9.17, 15) is 13.2 Å². The third-order valence-electron chi connectivity index (χ3n) is 7.18. The fourth-order valence-corrected chi connectivity index (χ4v) is 6.58. The number of carbonyl (C=O) groups is 1. The molecule has 0 N–H and O–H groups in total. The predicted octanol–water partition coefficient (Wildman–Crippen LogP) is 3.56. The molecule has 1 aliphatic carbocycles. The van der Waals surface area contributed by atoms with E-state index in [0.717, 1.165) is 37.1 Å². The van der Waals surface area contributed by atoms with Gasteiger partial charge >= 0.3 is 0 Å². The highest BCUT2D eigenvalue weighted by Crippen LogP contribution is 2.46. The van der Waals surface area contributed by atoms with E-state index in [0.29, 0.717) is 37.7 Å². The summed E-state index contributed by atoms with van der Waals surface area (Å²) >= 11 is 0. The van der Waals surface area contributed by atoms with Gasteiger partial charge in [0.05, 0.1) is 29.5 Å². The lowest BCUT2D eigenvalue weighted by molar-refractivity contribution is -0.120. The monoisotopic (exact) mass is 464 g/mol. The van der Waals surface area contributed by atoms with Gasteiger partial charge in [0.1, 0.15) is 16.3 Å². The number of sulfone groups is 1. The summed E-state index contributed by atoms with van der Waals surface area (Å²) in [4.78, 5) is 17.3. The summed E-state index contributed by atoms with van der Waals surface area (Å²) in [5.41, 5.74) is 0.313. The molecular weight excluding hydrogens is 432 g/mol. The maximum atomic E-state index is 13.1. The SMILES string of the molecule is Cc1ncc(C2(c3cc(CC(=O)C(C)(C)S(=O)(=O)CC4CCOCC4)on3)CCCC2)o1. The number of aryl methyl sites for hydroxylation is 1. The maximum Gasteiger partial charge on any atom is 0.191 e. The van der Waals surface area contributed by atoms with Crippen molar-refractivity contribution in [2.45, 2.75) is 75.9 Å². The number of hydrogen-bond donors (Lipinski definition) is 0. The second kappa shape index (κ2) is 8.74.